The molecule has 0 fully saturated rings. The number of hydrogen-bond donors (Lipinski definition) is 1. The predicted octanol–water partition coefficient (Wildman–Crippen LogP) is 13.4. The number of fused-ring (bicyclic) bond motifs is 3. The number of pyridine rings is 1. The van der Waals surface area contributed by atoms with Crippen LogP contribution in [0.2, 0.25) is 0 Å². The molecular weight excluding hydrogens is 823 g/mol. The fourth-order valence-corrected chi connectivity index (χ4v) is 6.70. The number of benzene rings is 3. The molecule has 0 bridgehead atoms. The summed E-state index contributed by atoms with van der Waals surface area (Å²) in [5.74, 6) is 2.03. The molecule has 6 rings (SSSR count). The normalized spacial score (nSPS) is 12.6. The van der Waals surface area contributed by atoms with E-state index in [0.717, 1.165) is 86.9 Å². The zero-order chi connectivity index (χ0) is 37.3. The molecule has 0 aliphatic heterocycles. The Balaban J connectivity index is 0.000000289. The number of aliphatic hydroxyl groups excluding tert-OH is 1. The Morgan fingerprint density at radius 2 is 1.46 bits per heavy atom. The average Bonchev–Trinajstić information content (AvgIpc) is 3.68. The number of carbonyl (C=O) groups is 1. The molecule has 0 amide bonds. The van der Waals surface area contributed by atoms with Crippen molar-refractivity contribution >= 4 is 38.5 Å². The predicted molar refractivity (Wildman–Crippen MR) is 212 cm³/mol. The summed E-state index contributed by atoms with van der Waals surface area (Å²) in [4.78, 5) is 17.0. The number of aryl methyl sites for hydroxylation is 2. The molecule has 0 saturated carbocycles. The van der Waals surface area contributed by atoms with Crippen LogP contribution in [0.25, 0.3) is 55.3 Å². The summed E-state index contributed by atoms with van der Waals surface area (Å²) < 4.78 is 12.3. The first-order valence-electron chi connectivity index (χ1n) is 18.4. The van der Waals surface area contributed by atoms with Crippen molar-refractivity contribution in [1.29, 1.82) is 0 Å². The molecule has 277 valence electrons. The Kier molecular flexibility index (Phi) is 12.5. The first kappa shape index (κ1) is 40.8. The number of carbonyl (C=O) groups excluding carboxylic acids is 1. The van der Waals surface area contributed by atoms with Gasteiger partial charge in [0, 0.05) is 65.2 Å². The van der Waals surface area contributed by atoms with Gasteiger partial charge in [-0.25, -0.2) is 0 Å². The van der Waals surface area contributed by atoms with Gasteiger partial charge in [-0.15, -0.1) is 29.1 Å². The SMILES string of the molecule is CCC(C)(CC)C(=O)/C=C(\O)C(C)(CC)CC.Cc1cc2c(-c3oc4ccnc(-c5[c-]c6ccccc6c(C(C)(C)C)c5)c4c3C)cccc2o1.[Ir]. The van der Waals surface area contributed by atoms with Gasteiger partial charge in [0.25, 0.3) is 0 Å². The summed E-state index contributed by atoms with van der Waals surface area (Å²) >= 11 is 0. The topological polar surface area (TPSA) is 76.5 Å². The van der Waals surface area contributed by atoms with E-state index >= 15 is 0 Å². The number of aliphatic hydroxyl groups is 1. The maximum absolute atomic E-state index is 12.2. The molecule has 0 aliphatic carbocycles. The largest absolute Gasteiger partial charge is 0.512 e. The van der Waals surface area contributed by atoms with Gasteiger partial charge in [-0.05, 0) is 68.7 Å². The molecule has 3 aromatic carbocycles. The van der Waals surface area contributed by atoms with Crippen LogP contribution in [0.5, 0.6) is 0 Å². The molecule has 5 nitrogen and oxygen atoms in total. The summed E-state index contributed by atoms with van der Waals surface area (Å²) in [6.07, 6.45) is 6.58. The van der Waals surface area contributed by atoms with E-state index < -0.39 is 0 Å². The van der Waals surface area contributed by atoms with Crippen molar-refractivity contribution in [2.75, 3.05) is 0 Å². The minimum Gasteiger partial charge on any atom is -0.512 e. The third-order valence-corrected chi connectivity index (χ3v) is 11.2. The molecule has 0 spiro atoms. The molecule has 0 saturated heterocycles. The van der Waals surface area contributed by atoms with Gasteiger partial charge in [0.1, 0.15) is 28.4 Å². The van der Waals surface area contributed by atoms with Crippen LogP contribution in [0.3, 0.4) is 0 Å². The van der Waals surface area contributed by atoms with Crippen molar-refractivity contribution in [2.24, 2.45) is 10.8 Å². The van der Waals surface area contributed by atoms with Crippen LogP contribution in [0.4, 0.5) is 0 Å². The van der Waals surface area contributed by atoms with E-state index in [1.165, 1.54) is 17.0 Å². The van der Waals surface area contributed by atoms with E-state index in [0.29, 0.717) is 0 Å². The zero-order valence-electron chi connectivity index (χ0n) is 32.7. The summed E-state index contributed by atoms with van der Waals surface area (Å²) in [5.41, 5.74) is 6.36. The molecule has 1 radical (unpaired) electrons. The fraction of sp³-hybridized carbons (Fsp3) is 0.391. The number of ketones is 1. The standard InChI is InChI=1S/C31H26NO2.C15H28O2.Ir/c1-18-15-24-23(11-8-12-26(24)33-18)30-19(2)28-27(34-30)13-14-32-29(28)21-16-20-9-6-7-10-22(20)25(17-21)31(3,4)5;1-7-14(5,8-2)12(16)11-13(17)15(6,9-3)10-4;/h6-15,17H,1-5H3;11,16H,7-10H2,1-6H3;/q-1;;/b;12-11-;. The second kappa shape index (κ2) is 15.9. The van der Waals surface area contributed by atoms with Crippen LogP contribution in [-0.4, -0.2) is 15.9 Å². The Bertz CT molecular complexity index is 2220. The molecule has 52 heavy (non-hydrogen) atoms. The average molecular weight is 877 g/mol. The van der Waals surface area contributed by atoms with E-state index in [4.69, 9.17) is 13.8 Å². The molecule has 1 N–H and O–H groups in total. The molecule has 0 unspecified atom stereocenters. The Morgan fingerprint density at radius 3 is 2.10 bits per heavy atom. The third-order valence-electron chi connectivity index (χ3n) is 11.2. The number of aromatic nitrogens is 1. The van der Waals surface area contributed by atoms with Crippen LogP contribution in [-0.2, 0) is 30.3 Å². The third kappa shape index (κ3) is 7.84. The van der Waals surface area contributed by atoms with Crippen molar-refractivity contribution in [3.05, 3.63) is 102 Å². The fourth-order valence-electron chi connectivity index (χ4n) is 6.70. The Labute approximate surface area is 323 Å². The Morgan fingerprint density at radius 1 is 0.808 bits per heavy atom. The van der Waals surface area contributed by atoms with Gasteiger partial charge in [0.05, 0.1) is 0 Å². The quantitative estimate of drug-likeness (QED) is 0.0889. The van der Waals surface area contributed by atoms with E-state index in [9.17, 15) is 9.90 Å². The smallest absolute Gasteiger partial charge is 0.164 e. The van der Waals surface area contributed by atoms with Gasteiger partial charge in [-0.2, -0.15) is 0 Å². The van der Waals surface area contributed by atoms with Crippen molar-refractivity contribution < 1.29 is 38.8 Å². The molecule has 6 heteroatoms. The summed E-state index contributed by atoms with van der Waals surface area (Å²) in [6.45, 7) is 22.9. The van der Waals surface area contributed by atoms with Gasteiger partial charge in [-0.1, -0.05) is 104 Å². The summed E-state index contributed by atoms with van der Waals surface area (Å²) in [7, 11) is 0. The van der Waals surface area contributed by atoms with E-state index in [2.05, 4.69) is 76.2 Å². The molecule has 3 heterocycles. The number of rotatable bonds is 9. The van der Waals surface area contributed by atoms with Crippen LogP contribution in [0.15, 0.2) is 87.5 Å². The first-order valence-corrected chi connectivity index (χ1v) is 18.4. The van der Waals surface area contributed by atoms with Gasteiger partial charge < -0.3 is 13.9 Å². The number of nitrogens with zero attached hydrogens (tertiary/aromatic N) is 1. The van der Waals surface area contributed by atoms with Crippen LogP contribution in [0, 0.1) is 30.7 Å². The van der Waals surface area contributed by atoms with Crippen molar-refractivity contribution in [2.45, 2.75) is 107 Å². The van der Waals surface area contributed by atoms with E-state index in [1.807, 2.05) is 72.9 Å². The van der Waals surface area contributed by atoms with Gasteiger partial charge in [0.2, 0.25) is 0 Å². The second-order valence-corrected chi connectivity index (χ2v) is 15.5. The number of allylic oxidation sites excluding steroid dienone is 2. The van der Waals surface area contributed by atoms with Crippen LogP contribution < -0.4 is 0 Å². The zero-order valence-corrected chi connectivity index (χ0v) is 35.1. The maximum atomic E-state index is 12.2. The maximum Gasteiger partial charge on any atom is 0.164 e. The van der Waals surface area contributed by atoms with Crippen LogP contribution in [0.1, 0.15) is 105 Å². The molecular formula is C46H54IrNO4-. The molecule has 3 aromatic heterocycles. The first-order chi connectivity index (χ1) is 24.1. The van der Waals surface area contributed by atoms with E-state index in [-0.39, 0.29) is 47.9 Å². The summed E-state index contributed by atoms with van der Waals surface area (Å²) in [5, 5.41) is 14.6. The monoisotopic (exact) mass is 877 g/mol. The van der Waals surface area contributed by atoms with Crippen molar-refractivity contribution in [3.63, 3.8) is 0 Å². The molecule has 0 atom stereocenters. The minimum atomic E-state index is -0.337. The molecule has 0 aliphatic rings. The Hall–Kier alpha value is -3.99. The number of furan rings is 2. The summed E-state index contributed by atoms with van der Waals surface area (Å²) in [6, 6.07) is 24.5. The van der Waals surface area contributed by atoms with Gasteiger partial charge >= 0.3 is 0 Å². The van der Waals surface area contributed by atoms with Gasteiger partial charge in [0.15, 0.2) is 5.78 Å². The van der Waals surface area contributed by atoms with Crippen molar-refractivity contribution in [1.82, 2.24) is 4.98 Å². The van der Waals surface area contributed by atoms with Gasteiger partial charge in [-0.3, -0.25) is 9.78 Å². The van der Waals surface area contributed by atoms with E-state index in [1.54, 1.807) is 0 Å². The van der Waals surface area contributed by atoms with Crippen LogP contribution >= 0.6 is 0 Å². The molecule has 6 aromatic rings. The number of hydrogen-bond acceptors (Lipinski definition) is 5. The van der Waals surface area contributed by atoms with Crippen molar-refractivity contribution in [3.8, 4) is 22.6 Å². The second-order valence-electron chi connectivity index (χ2n) is 15.5. The minimum absolute atomic E-state index is 0.